The number of carbonyl (C=O) groups excluding carboxylic acids is 2. The van der Waals surface area contributed by atoms with Gasteiger partial charge >= 0.3 is 0 Å². The lowest BCUT2D eigenvalue weighted by Crippen LogP contribution is -2.14. The van der Waals surface area contributed by atoms with Crippen molar-refractivity contribution in [1.82, 2.24) is 0 Å². The van der Waals surface area contributed by atoms with Crippen LogP contribution in [0.3, 0.4) is 0 Å². The van der Waals surface area contributed by atoms with Crippen LogP contribution in [0.1, 0.15) is 32.6 Å². The number of anilines is 2. The topological polar surface area (TPSA) is 84.2 Å². The summed E-state index contributed by atoms with van der Waals surface area (Å²) in [5, 5.41) is 5.91. The molecule has 0 aromatic heterocycles. The van der Waals surface area contributed by atoms with Gasteiger partial charge in [-0.15, -0.1) is 0 Å². The van der Waals surface area contributed by atoms with Crippen molar-refractivity contribution >= 4 is 34.8 Å². The lowest BCUT2D eigenvalue weighted by molar-refractivity contribution is -0.117. The molecule has 5 nitrogen and oxygen atoms in total. The van der Waals surface area contributed by atoms with Gasteiger partial charge in [0.15, 0.2) is 0 Å². The monoisotopic (exact) mass is 297 g/mol. The predicted octanol–water partition coefficient (Wildman–Crippen LogP) is 2.76. The number of carbonyl (C=O) groups is 2. The van der Waals surface area contributed by atoms with Gasteiger partial charge < -0.3 is 16.4 Å². The fraction of sp³-hybridized carbons (Fsp3) is 0.429. The van der Waals surface area contributed by atoms with Crippen molar-refractivity contribution in [1.29, 1.82) is 0 Å². The Hall–Kier alpha value is -1.59. The lowest BCUT2D eigenvalue weighted by atomic mass is 10.2. The normalized spacial score (nSPS) is 10.2. The number of benzene rings is 1. The molecule has 0 fully saturated rings. The van der Waals surface area contributed by atoms with Gasteiger partial charge in [0, 0.05) is 18.5 Å². The Morgan fingerprint density at radius 3 is 2.55 bits per heavy atom. The SMILES string of the molecule is CCCC(=O)Nc1cc(NC(=O)CCCN)ccc1Cl. The van der Waals surface area contributed by atoms with E-state index in [1.165, 1.54) is 0 Å². The molecule has 0 radical (unpaired) electrons. The van der Waals surface area contributed by atoms with E-state index in [1.807, 2.05) is 6.92 Å². The maximum absolute atomic E-state index is 11.6. The van der Waals surface area contributed by atoms with Crippen molar-refractivity contribution in [3.63, 3.8) is 0 Å². The minimum absolute atomic E-state index is 0.0963. The van der Waals surface area contributed by atoms with Crippen LogP contribution in [0.25, 0.3) is 0 Å². The summed E-state index contributed by atoms with van der Waals surface area (Å²) >= 11 is 6.02. The second-order valence-corrected chi connectivity index (χ2v) is 4.84. The molecule has 2 amide bonds. The van der Waals surface area contributed by atoms with Crippen LogP contribution >= 0.6 is 11.6 Å². The Morgan fingerprint density at radius 2 is 1.90 bits per heavy atom. The fourth-order valence-electron chi connectivity index (χ4n) is 1.62. The fourth-order valence-corrected chi connectivity index (χ4v) is 1.79. The highest BCUT2D eigenvalue weighted by atomic mass is 35.5. The third-order valence-electron chi connectivity index (χ3n) is 2.61. The average molecular weight is 298 g/mol. The van der Waals surface area contributed by atoms with Crippen molar-refractivity contribution in [2.24, 2.45) is 5.73 Å². The quantitative estimate of drug-likeness (QED) is 0.723. The number of rotatable bonds is 7. The first-order valence-corrected chi connectivity index (χ1v) is 7.04. The van der Waals surface area contributed by atoms with Crippen LogP contribution < -0.4 is 16.4 Å². The molecule has 1 aromatic rings. The molecule has 0 saturated heterocycles. The lowest BCUT2D eigenvalue weighted by Gasteiger charge is -2.10. The van der Waals surface area contributed by atoms with Gasteiger partial charge in [-0.1, -0.05) is 18.5 Å². The highest BCUT2D eigenvalue weighted by molar-refractivity contribution is 6.33. The maximum atomic E-state index is 11.6. The Kier molecular flexibility index (Phi) is 7.04. The Balaban J connectivity index is 2.70. The van der Waals surface area contributed by atoms with Crippen LogP contribution in [0.2, 0.25) is 5.02 Å². The summed E-state index contributed by atoms with van der Waals surface area (Å²) < 4.78 is 0. The third-order valence-corrected chi connectivity index (χ3v) is 2.94. The van der Waals surface area contributed by atoms with Crippen molar-refractivity contribution in [3.05, 3.63) is 23.2 Å². The van der Waals surface area contributed by atoms with Crippen molar-refractivity contribution in [2.45, 2.75) is 32.6 Å². The van der Waals surface area contributed by atoms with Crippen LogP contribution in [0.4, 0.5) is 11.4 Å². The van der Waals surface area contributed by atoms with Crippen LogP contribution in [-0.2, 0) is 9.59 Å². The molecule has 0 bridgehead atoms. The molecule has 0 aliphatic carbocycles. The summed E-state index contributed by atoms with van der Waals surface area (Å²) in [6.45, 7) is 2.40. The zero-order chi connectivity index (χ0) is 15.0. The van der Waals surface area contributed by atoms with E-state index in [-0.39, 0.29) is 11.8 Å². The zero-order valence-electron chi connectivity index (χ0n) is 11.5. The smallest absolute Gasteiger partial charge is 0.224 e. The van der Waals surface area contributed by atoms with Gasteiger partial charge in [-0.2, -0.15) is 0 Å². The maximum Gasteiger partial charge on any atom is 0.224 e. The van der Waals surface area contributed by atoms with Gasteiger partial charge in [-0.05, 0) is 37.6 Å². The highest BCUT2D eigenvalue weighted by Crippen LogP contribution is 2.26. The van der Waals surface area contributed by atoms with Crippen LogP contribution in [0.5, 0.6) is 0 Å². The number of nitrogens with two attached hydrogens (primary N) is 1. The Morgan fingerprint density at radius 1 is 1.20 bits per heavy atom. The van der Waals surface area contributed by atoms with E-state index in [9.17, 15) is 9.59 Å². The van der Waals surface area contributed by atoms with Crippen molar-refractivity contribution < 1.29 is 9.59 Å². The van der Waals surface area contributed by atoms with E-state index < -0.39 is 0 Å². The van der Waals surface area contributed by atoms with Gasteiger partial charge in [-0.25, -0.2) is 0 Å². The van der Waals surface area contributed by atoms with E-state index in [0.717, 1.165) is 6.42 Å². The van der Waals surface area contributed by atoms with Crippen LogP contribution in [-0.4, -0.2) is 18.4 Å². The summed E-state index contributed by atoms with van der Waals surface area (Å²) in [5.41, 5.74) is 6.45. The number of halogens is 1. The highest BCUT2D eigenvalue weighted by Gasteiger charge is 2.08. The molecule has 0 aliphatic heterocycles. The van der Waals surface area contributed by atoms with E-state index in [4.69, 9.17) is 17.3 Å². The second kappa shape index (κ2) is 8.55. The van der Waals surface area contributed by atoms with E-state index in [2.05, 4.69) is 10.6 Å². The first kappa shape index (κ1) is 16.5. The molecule has 0 heterocycles. The predicted molar refractivity (Wildman–Crippen MR) is 81.9 cm³/mol. The third kappa shape index (κ3) is 5.59. The second-order valence-electron chi connectivity index (χ2n) is 4.43. The minimum Gasteiger partial charge on any atom is -0.330 e. The molecule has 0 aliphatic rings. The summed E-state index contributed by atoms with van der Waals surface area (Å²) in [5.74, 6) is -0.204. The Bertz CT molecular complexity index is 477. The number of hydrogen-bond acceptors (Lipinski definition) is 3. The number of amides is 2. The number of hydrogen-bond donors (Lipinski definition) is 3. The minimum atomic E-state index is -0.108. The first-order valence-electron chi connectivity index (χ1n) is 6.66. The molecule has 110 valence electrons. The summed E-state index contributed by atoms with van der Waals surface area (Å²) in [4.78, 5) is 23.2. The molecular weight excluding hydrogens is 278 g/mol. The van der Waals surface area contributed by atoms with Crippen LogP contribution in [0.15, 0.2) is 18.2 Å². The first-order chi connectivity index (χ1) is 9.56. The van der Waals surface area contributed by atoms with E-state index in [1.54, 1.807) is 18.2 Å². The summed E-state index contributed by atoms with van der Waals surface area (Å²) in [7, 11) is 0. The van der Waals surface area contributed by atoms with Gasteiger partial charge in [-0.3, -0.25) is 9.59 Å². The van der Waals surface area contributed by atoms with Gasteiger partial charge in [0.1, 0.15) is 0 Å². The van der Waals surface area contributed by atoms with Gasteiger partial charge in [0.2, 0.25) is 11.8 Å². The van der Waals surface area contributed by atoms with Crippen molar-refractivity contribution in [2.75, 3.05) is 17.2 Å². The van der Waals surface area contributed by atoms with Crippen LogP contribution in [0, 0.1) is 0 Å². The molecular formula is C14H20ClN3O2. The standard InChI is InChI=1S/C14H20ClN3O2/c1-2-4-13(19)18-12-9-10(6-7-11(12)15)17-14(20)5-3-8-16/h6-7,9H,2-5,8,16H2,1H3,(H,17,20)(H,18,19). The van der Waals surface area contributed by atoms with Gasteiger partial charge in [0.05, 0.1) is 10.7 Å². The van der Waals surface area contributed by atoms with Crippen molar-refractivity contribution in [3.8, 4) is 0 Å². The zero-order valence-corrected chi connectivity index (χ0v) is 12.3. The summed E-state index contributed by atoms with van der Waals surface area (Å²) in [6, 6.07) is 4.98. The molecule has 0 atom stereocenters. The largest absolute Gasteiger partial charge is 0.330 e. The molecule has 1 rings (SSSR count). The molecule has 0 unspecified atom stereocenters. The average Bonchev–Trinajstić information content (AvgIpc) is 2.40. The summed E-state index contributed by atoms with van der Waals surface area (Å²) in [6.07, 6.45) is 2.21. The molecule has 0 spiro atoms. The number of nitrogens with one attached hydrogen (secondary N) is 2. The van der Waals surface area contributed by atoms with Gasteiger partial charge in [0.25, 0.3) is 0 Å². The molecule has 1 aromatic carbocycles. The van der Waals surface area contributed by atoms with E-state index >= 15 is 0 Å². The Labute approximate surface area is 123 Å². The molecule has 20 heavy (non-hydrogen) atoms. The van der Waals surface area contributed by atoms with E-state index in [0.29, 0.717) is 42.2 Å². The molecule has 6 heteroatoms. The molecule has 0 saturated carbocycles. The molecule has 4 N–H and O–H groups in total.